The van der Waals surface area contributed by atoms with E-state index in [9.17, 15) is 18.5 Å². The number of nitro benzene ring substituents is 1. The average Bonchev–Trinajstić information content (AvgIpc) is 3.41. The molecule has 2 aromatic carbocycles. The lowest BCUT2D eigenvalue weighted by molar-refractivity contribution is -0.385. The molecule has 1 saturated heterocycles. The first-order valence-electron chi connectivity index (χ1n) is 9.33. The van der Waals surface area contributed by atoms with E-state index in [1.165, 1.54) is 27.8 Å². The van der Waals surface area contributed by atoms with Gasteiger partial charge < -0.3 is 4.74 Å². The molecule has 8 nitrogen and oxygen atoms in total. The third kappa shape index (κ3) is 4.07. The van der Waals surface area contributed by atoms with Gasteiger partial charge in [0.2, 0.25) is 15.8 Å². The van der Waals surface area contributed by atoms with Gasteiger partial charge in [-0.2, -0.15) is 4.31 Å². The molecule has 0 aliphatic carbocycles. The molecule has 0 atom stereocenters. The minimum absolute atomic E-state index is 0.0155. The average molecular weight is 446 g/mol. The van der Waals surface area contributed by atoms with Crippen LogP contribution in [-0.2, 0) is 10.0 Å². The van der Waals surface area contributed by atoms with Crippen molar-refractivity contribution in [2.75, 3.05) is 13.1 Å². The summed E-state index contributed by atoms with van der Waals surface area (Å²) in [5.74, 6) is 0.392. The van der Waals surface area contributed by atoms with Crippen LogP contribution in [0.25, 0.3) is 10.6 Å². The number of aromatic nitrogens is 1. The fraction of sp³-hybridized carbons (Fsp3) is 0.250. The largest absolute Gasteiger partial charge is 0.450 e. The van der Waals surface area contributed by atoms with Gasteiger partial charge >= 0.3 is 5.69 Å². The second-order valence-corrected chi connectivity index (χ2v) is 9.71. The van der Waals surface area contributed by atoms with Gasteiger partial charge in [0.15, 0.2) is 0 Å². The number of rotatable bonds is 6. The summed E-state index contributed by atoms with van der Waals surface area (Å²) >= 11 is 1.53. The molecule has 156 valence electrons. The monoisotopic (exact) mass is 445 g/mol. The number of sulfonamides is 1. The van der Waals surface area contributed by atoms with Crippen LogP contribution in [0.2, 0.25) is 0 Å². The van der Waals surface area contributed by atoms with Crippen molar-refractivity contribution in [3.8, 4) is 22.1 Å². The van der Waals surface area contributed by atoms with Crippen molar-refractivity contribution in [2.24, 2.45) is 0 Å². The smallest absolute Gasteiger partial charge is 0.312 e. The zero-order valence-corrected chi connectivity index (χ0v) is 17.8. The summed E-state index contributed by atoms with van der Waals surface area (Å²) < 4.78 is 32.5. The van der Waals surface area contributed by atoms with Gasteiger partial charge in [-0.3, -0.25) is 10.1 Å². The predicted molar refractivity (Wildman–Crippen MR) is 113 cm³/mol. The predicted octanol–water partition coefficient (Wildman–Crippen LogP) is 4.60. The Morgan fingerprint density at radius 3 is 2.43 bits per heavy atom. The Labute approximate surface area is 178 Å². The number of hydrogen-bond donors (Lipinski definition) is 0. The molecule has 1 aliphatic heterocycles. The Morgan fingerprint density at radius 2 is 1.83 bits per heavy atom. The Balaban J connectivity index is 1.60. The maximum Gasteiger partial charge on any atom is 0.312 e. The number of hydrogen-bond acceptors (Lipinski definition) is 7. The lowest BCUT2D eigenvalue weighted by Crippen LogP contribution is -2.27. The van der Waals surface area contributed by atoms with Gasteiger partial charge in [0, 0.05) is 35.8 Å². The number of aryl methyl sites for hydroxylation is 1. The molecule has 3 aromatic rings. The van der Waals surface area contributed by atoms with E-state index in [4.69, 9.17) is 4.74 Å². The third-order valence-electron chi connectivity index (χ3n) is 4.78. The number of thiazole rings is 1. The fourth-order valence-electron chi connectivity index (χ4n) is 3.24. The Hall–Kier alpha value is -2.82. The van der Waals surface area contributed by atoms with Gasteiger partial charge in [-0.1, -0.05) is 0 Å². The second-order valence-electron chi connectivity index (χ2n) is 6.92. The first-order valence-corrected chi connectivity index (χ1v) is 11.7. The van der Waals surface area contributed by atoms with E-state index in [0.29, 0.717) is 18.8 Å². The molecule has 0 spiro atoms. The highest BCUT2D eigenvalue weighted by molar-refractivity contribution is 7.89. The first kappa shape index (κ1) is 20.5. The highest BCUT2D eigenvalue weighted by atomic mass is 32.2. The highest BCUT2D eigenvalue weighted by Crippen LogP contribution is 2.35. The van der Waals surface area contributed by atoms with Gasteiger partial charge in [0.25, 0.3) is 0 Å². The summed E-state index contributed by atoms with van der Waals surface area (Å²) in [5.41, 5.74) is 1.46. The molecule has 0 unspecified atom stereocenters. The molecule has 1 fully saturated rings. The van der Waals surface area contributed by atoms with E-state index < -0.39 is 20.6 Å². The summed E-state index contributed by atoms with van der Waals surface area (Å²) in [6.45, 7) is 2.78. The van der Waals surface area contributed by atoms with Crippen LogP contribution < -0.4 is 4.74 Å². The highest BCUT2D eigenvalue weighted by Gasteiger charge is 2.30. The lowest BCUT2D eigenvalue weighted by Gasteiger charge is -2.16. The van der Waals surface area contributed by atoms with E-state index in [2.05, 4.69) is 4.98 Å². The molecule has 4 rings (SSSR count). The molecule has 1 aliphatic rings. The molecule has 10 heteroatoms. The van der Waals surface area contributed by atoms with Crippen molar-refractivity contribution in [1.29, 1.82) is 0 Å². The van der Waals surface area contributed by atoms with Crippen molar-refractivity contribution < 1.29 is 18.1 Å². The second kappa shape index (κ2) is 8.13. The van der Waals surface area contributed by atoms with E-state index in [-0.39, 0.29) is 10.6 Å². The van der Waals surface area contributed by atoms with Crippen LogP contribution in [0.3, 0.4) is 0 Å². The maximum absolute atomic E-state index is 12.7. The Bertz CT molecular complexity index is 1180. The molecule has 30 heavy (non-hydrogen) atoms. The summed E-state index contributed by atoms with van der Waals surface area (Å²) in [5, 5.41) is 14.4. The molecule has 1 aromatic heterocycles. The van der Waals surface area contributed by atoms with Gasteiger partial charge in [-0.25, -0.2) is 13.4 Å². The molecular weight excluding hydrogens is 426 g/mol. The third-order valence-corrected chi connectivity index (χ3v) is 7.68. The molecule has 0 saturated carbocycles. The summed E-state index contributed by atoms with van der Waals surface area (Å²) in [6.07, 6.45) is 1.58. The number of benzene rings is 2. The van der Waals surface area contributed by atoms with Gasteiger partial charge in [-0.05, 0) is 56.2 Å². The zero-order chi connectivity index (χ0) is 21.3. The SMILES string of the molecule is Cc1csc(-c2ccc(Oc3ccc(S(=O)(=O)N4CCCC4)cc3[N+](=O)[O-])cc2)n1. The van der Waals surface area contributed by atoms with Gasteiger partial charge in [-0.15, -0.1) is 11.3 Å². The summed E-state index contributed by atoms with van der Waals surface area (Å²) in [7, 11) is -3.75. The summed E-state index contributed by atoms with van der Waals surface area (Å²) in [4.78, 5) is 15.3. The van der Waals surface area contributed by atoms with E-state index in [0.717, 1.165) is 35.2 Å². The van der Waals surface area contributed by atoms with Gasteiger partial charge in [0.1, 0.15) is 10.8 Å². The van der Waals surface area contributed by atoms with Crippen LogP contribution in [0.5, 0.6) is 11.5 Å². The lowest BCUT2D eigenvalue weighted by atomic mass is 10.2. The molecule has 0 amide bonds. The topological polar surface area (TPSA) is 103 Å². The van der Waals surface area contributed by atoms with Crippen LogP contribution in [0.4, 0.5) is 5.69 Å². The summed E-state index contributed by atoms with van der Waals surface area (Å²) in [6, 6.07) is 10.8. The standard InChI is InChI=1S/C20H19N3O5S2/c1-14-13-29-20(21-14)15-4-6-16(7-5-15)28-19-9-8-17(12-18(19)23(24)25)30(26,27)22-10-2-3-11-22/h4-9,12-13H,2-3,10-11H2,1H3. The van der Waals surface area contributed by atoms with Crippen molar-refractivity contribution >= 4 is 27.0 Å². The van der Waals surface area contributed by atoms with Crippen molar-refractivity contribution in [1.82, 2.24) is 9.29 Å². The normalized spacial score (nSPS) is 14.7. The molecule has 0 radical (unpaired) electrons. The number of nitrogens with zero attached hydrogens (tertiary/aromatic N) is 3. The van der Waals surface area contributed by atoms with Crippen LogP contribution in [0, 0.1) is 17.0 Å². The number of nitro groups is 1. The minimum Gasteiger partial charge on any atom is -0.450 e. The zero-order valence-electron chi connectivity index (χ0n) is 16.1. The van der Waals surface area contributed by atoms with Crippen LogP contribution in [0.1, 0.15) is 18.5 Å². The molecule has 0 N–H and O–H groups in total. The van der Waals surface area contributed by atoms with Gasteiger partial charge in [0.05, 0.1) is 9.82 Å². The maximum atomic E-state index is 12.7. The number of ether oxygens (including phenoxy) is 1. The van der Waals surface area contributed by atoms with Crippen molar-refractivity contribution in [3.63, 3.8) is 0 Å². The first-order chi connectivity index (χ1) is 14.3. The van der Waals surface area contributed by atoms with E-state index >= 15 is 0 Å². The molecule has 0 bridgehead atoms. The molecular formula is C20H19N3O5S2. The molecule has 2 heterocycles. The van der Waals surface area contributed by atoms with E-state index in [1.54, 1.807) is 12.1 Å². The van der Waals surface area contributed by atoms with Crippen LogP contribution in [-0.4, -0.2) is 35.7 Å². The van der Waals surface area contributed by atoms with Crippen LogP contribution in [0.15, 0.2) is 52.7 Å². The quantitative estimate of drug-likeness (QED) is 0.406. The Morgan fingerprint density at radius 1 is 1.13 bits per heavy atom. The van der Waals surface area contributed by atoms with Crippen LogP contribution >= 0.6 is 11.3 Å². The minimum atomic E-state index is -3.75. The van der Waals surface area contributed by atoms with Crippen molar-refractivity contribution in [2.45, 2.75) is 24.7 Å². The van der Waals surface area contributed by atoms with Crippen molar-refractivity contribution in [3.05, 3.63) is 63.7 Å². The fourth-order valence-corrected chi connectivity index (χ4v) is 5.58. The van der Waals surface area contributed by atoms with E-state index in [1.807, 2.05) is 24.4 Å². The Kier molecular flexibility index (Phi) is 5.54.